The van der Waals surface area contributed by atoms with E-state index in [0.717, 1.165) is 0 Å². The number of phenolic OH excluding ortho intramolecular Hbond substituents is 1. The Morgan fingerprint density at radius 3 is 2.63 bits per heavy atom. The summed E-state index contributed by atoms with van der Waals surface area (Å²) in [4.78, 5) is 31.8. The van der Waals surface area contributed by atoms with Gasteiger partial charge in [0.15, 0.2) is 4.80 Å². The predicted molar refractivity (Wildman–Crippen MR) is 136 cm³/mol. The van der Waals surface area contributed by atoms with E-state index in [1.807, 2.05) is 0 Å². The minimum atomic E-state index is -0.839. The maximum Gasteiger partial charge on any atom is 0.338 e. The number of thiazole rings is 1. The lowest BCUT2D eigenvalue weighted by Crippen LogP contribution is -2.40. The summed E-state index contributed by atoms with van der Waals surface area (Å²) in [6.07, 6.45) is 1.69. The van der Waals surface area contributed by atoms with E-state index in [4.69, 9.17) is 14.2 Å². The number of aromatic hydroxyl groups is 1. The Morgan fingerprint density at radius 1 is 1.23 bits per heavy atom. The number of allylic oxidation sites excluding steroid dienone is 1. The number of carbonyl (C=O) groups is 1. The van der Waals surface area contributed by atoms with Gasteiger partial charge in [-0.2, -0.15) is 0 Å². The average Bonchev–Trinajstić information content (AvgIpc) is 3.12. The maximum atomic E-state index is 13.7. The van der Waals surface area contributed by atoms with Crippen molar-refractivity contribution in [3.05, 3.63) is 83.0 Å². The highest BCUT2D eigenvalue weighted by molar-refractivity contribution is 9.10. The number of hydrogen-bond acceptors (Lipinski definition) is 8. The third-order valence-electron chi connectivity index (χ3n) is 5.48. The molecule has 1 atom stereocenters. The maximum absolute atomic E-state index is 13.7. The molecule has 2 heterocycles. The van der Waals surface area contributed by atoms with Crippen molar-refractivity contribution in [2.45, 2.75) is 19.9 Å². The number of fused-ring (bicyclic) bond motifs is 1. The topological polar surface area (TPSA) is 99.4 Å². The van der Waals surface area contributed by atoms with E-state index >= 15 is 0 Å². The van der Waals surface area contributed by atoms with Crippen LogP contribution in [0.2, 0.25) is 0 Å². The minimum Gasteiger partial charge on any atom is -0.508 e. The first kappa shape index (κ1) is 24.7. The van der Waals surface area contributed by atoms with E-state index in [-0.39, 0.29) is 23.5 Å². The SMILES string of the molecule is CCOC(=O)C1=C(C)N=c2s/c(=C/c3cccc(O)c3)c(=O)n2C1c1cc(Br)c(OC)cc1OC. The number of ether oxygens (including phenoxy) is 3. The number of carbonyl (C=O) groups excluding carboxylic acids is 1. The third-order valence-corrected chi connectivity index (χ3v) is 7.09. The molecule has 35 heavy (non-hydrogen) atoms. The van der Waals surface area contributed by atoms with Crippen LogP contribution in [0.1, 0.15) is 31.0 Å². The number of methoxy groups -OCH3 is 2. The Kier molecular flexibility index (Phi) is 7.13. The highest BCUT2D eigenvalue weighted by Gasteiger charge is 2.35. The summed E-state index contributed by atoms with van der Waals surface area (Å²) in [5, 5.41) is 9.82. The fraction of sp³-hybridized carbons (Fsp3) is 0.240. The Balaban J connectivity index is 2.03. The molecule has 1 aliphatic heterocycles. The quantitative estimate of drug-likeness (QED) is 0.466. The molecule has 3 aromatic rings. The Bertz CT molecular complexity index is 1520. The van der Waals surface area contributed by atoms with Crippen LogP contribution in [0, 0.1) is 0 Å². The summed E-state index contributed by atoms with van der Waals surface area (Å²) in [7, 11) is 3.05. The van der Waals surface area contributed by atoms with E-state index in [0.29, 0.717) is 42.1 Å². The van der Waals surface area contributed by atoms with Crippen LogP contribution in [0.15, 0.2) is 61.9 Å². The molecule has 0 saturated heterocycles. The molecule has 0 fully saturated rings. The molecule has 8 nitrogen and oxygen atoms in total. The number of benzene rings is 2. The molecule has 1 aliphatic rings. The van der Waals surface area contributed by atoms with Crippen LogP contribution in [0.3, 0.4) is 0 Å². The van der Waals surface area contributed by atoms with Gasteiger partial charge in [0.2, 0.25) is 0 Å². The van der Waals surface area contributed by atoms with Gasteiger partial charge in [-0.05, 0) is 59.6 Å². The molecule has 0 bridgehead atoms. The number of phenols is 1. The minimum absolute atomic E-state index is 0.0951. The zero-order valence-electron chi connectivity index (χ0n) is 19.5. The highest BCUT2D eigenvalue weighted by atomic mass is 79.9. The second kappa shape index (κ2) is 10.1. The van der Waals surface area contributed by atoms with E-state index in [1.54, 1.807) is 56.3 Å². The van der Waals surface area contributed by atoms with Gasteiger partial charge in [0.1, 0.15) is 23.3 Å². The molecule has 0 spiro atoms. The molecule has 1 N–H and O–H groups in total. The van der Waals surface area contributed by atoms with Crippen molar-refractivity contribution in [1.82, 2.24) is 4.57 Å². The van der Waals surface area contributed by atoms with Crippen molar-refractivity contribution in [3.8, 4) is 17.2 Å². The molecule has 4 rings (SSSR count). The van der Waals surface area contributed by atoms with Gasteiger partial charge in [-0.3, -0.25) is 9.36 Å². The van der Waals surface area contributed by atoms with Gasteiger partial charge in [-0.15, -0.1) is 0 Å². The van der Waals surface area contributed by atoms with E-state index < -0.39 is 12.0 Å². The first-order valence-corrected chi connectivity index (χ1v) is 12.3. The number of aromatic nitrogens is 1. The number of halogens is 1. The van der Waals surface area contributed by atoms with Crippen molar-refractivity contribution in [3.63, 3.8) is 0 Å². The standard InChI is InChI=1S/C25H23BrN2O6S/c1-5-34-24(31)21-13(2)27-25-28(22(21)16-11-17(26)19(33-4)12-18(16)32-3)23(30)20(35-25)10-14-7-6-8-15(29)9-14/h6-12,22,29H,5H2,1-4H3/b20-10+. The molecule has 2 aromatic carbocycles. The summed E-state index contributed by atoms with van der Waals surface area (Å²) in [6, 6.07) is 9.23. The summed E-state index contributed by atoms with van der Waals surface area (Å²) < 4.78 is 18.9. The smallest absolute Gasteiger partial charge is 0.338 e. The first-order valence-electron chi connectivity index (χ1n) is 10.7. The Hall–Kier alpha value is -3.37. The Morgan fingerprint density at radius 2 is 1.97 bits per heavy atom. The van der Waals surface area contributed by atoms with Crippen molar-refractivity contribution in [1.29, 1.82) is 0 Å². The zero-order valence-corrected chi connectivity index (χ0v) is 21.9. The van der Waals surface area contributed by atoms with Crippen LogP contribution in [0.4, 0.5) is 0 Å². The second-order valence-electron chi connectivity index (χ2n) is 7.63. The van der Waals surface area contributed by atoms with Gasteiger partial charge in [0.05, 0.1) is 41.1 Å². The van der Waals surface area contributed by atoms with Gasteiger partial charge in [-0.25, -0.2) is 9.79 Å². The van der Waals surface area contributed by atoms with Crippen LogP contribution in [0.25, 0.3) is 6.08 Å². The molecule has 0 aliphatic carbocycles. The largest absolute Gasteiger partial charge is 0.508 e. The molecule has 10 heteroatoms. The molecule has 182 valence electrons. The summed E-state index contributed by atoms with van der Waals surface area (Å²) in [5.74, 6) is 0.516. The van der Waals surface area contributed by atoms with Crippen LogP contribution in [-0.2, 0) is 9.53 Å². The fourth-order valence-electron chi connectivity index (χ4n) is 3.95. The Labute approximate surface area is 213 Å². The van der Waals surface area contributed by atoms with Gasteiger partial charge < -0.3 is 19.3 Å². The number of nitrogens with zero attached hydrogens (tertiary/aromatic N) is 2. The van der Waals surface area contributed by atoms with Gasteiger partial charge in [0, 0.05) is 11.6 Å². The van der Waals surface area contributed by atoms with Crippen LogP contribution in [0.5, 0.6) is 17.2 Å². The highest BCUT2D eigenvalue weighted by Crippen LogP contribution is 2.41. The van der Waals surface area contributed by atoms with E-state index in [1.165, 1.54) is 30.1 Å². The average molecular weight is 559 g/mol. The number of rotatable bonds is 6. The van der Waals surface area contributed by atoms with Crippen LogP contribution >= 0.6 is 27.3 Å². The van der Waals surface area contributed by atoms with E-state index in [9.17, 15) is 14.7 Å². The summed E-state index contributed by atoms with van der Waals surface area (Å²) >= 11 is 4.70. The van der Waals surface area contributed by atoms with Crippen LogP contribution in [-0.4, -0.2) is 36.5 Å². The lowest BCUT2D eigenvalue weighted by molar-refractivity contribution is -0.139. The zero-order chi connectivity index (χ0) is 25.3. The molecule has 0 amide bonds. The lowest BCUT2D eigenvalue weighted by Gasteiger charge is -2.26. The molecular weight excluding hydrogens is 536 g/mol. The van der Waals surface area contributed by atoms with Crippen molar-refractivity contribution in [2.75, 3.05) is 20.8 Å². The molecule has 1 unspecified atom stereocenters. The molecule has 0 radical (unpaired) electrons. The number of hydrogen-bond donors (Lipinski definition) is 1. The second-order valence-corrected chi connectivity index (χ2v) is 9.49. The molecule has 0 saturated carbocycles. The first-order chi connectivity index (χ1) is 16.8. The fourth-order valence-corrected chi connectivity index (χ4v) is 5.52. The van der Waals surface area contributed by atoms with Gasteiger partial charge >= 0.3 is 5.97 Å². The van der Waals surface area contributed by atoms with Crippen molar-refractivity contribution < 1.29 is 24.1 Å². The third kappa shape index (κ3) is 4.63. The number of esters is 1. The van der Waals surface area contributed by atoms with Crippen LogP contribution < -0.4 is 24.4 Å². The van der Waals surface area contributed by atoms with Crippen molar-refractivity contribution in [2.24, 2.45) is 4.99 Å². The summed E-state index contributed by atoms with van der Waals surface area (Å²) in [5.41, 5.74) is 1.61. The van der Waals surface area contributed by atoms with Gasteiger partial charge in [0.25, 0.3) is 5.56 Å². The summed E-state index contributed by atoms with van der Waals surface area (Å²) in [6.45, 7) is 3.61. The van der Waals surface area contributed by atoms with Gasteiger partial charge in [-0.1, -0.05) is 23.5 Å². The van der Waals surface area contributed by atoms with Crippen molar-refractivity contribution >= 4 is 39.3 Å². The van der Waals surface area contributed by atoms with E-state index in [2.05, 4.69) is 20.9 Å². The predicted octanol–water partition coefficient (Wildman–Crippen LogP) is 3.28. The normalized spacial score (nSPS) is 15.5. The molecular formula is C25H23BrN2O6S. The molecule has 1 aromatic heterocycles. The monoisotopic (exact) mass is 558 g/mol. The lowest BCUT2D eigenvalue weighted by atomic mass is 9.95.